The zero-order valence-corrected chi connectivity index (χ0v) is 13.8. The van der Waals surface area contributed by atoms with Crippen molar-refractivity contribution < 1.29 is 9.90 Å². The Bertz CT molecular complexity index is 262. The van der Waals surface area contributed by atoms with E-state index in [4.69, 9.17) is 10.8 Å². The van der Waals surface area contributed by atoms with Crippen molar-refractivity contribution in [3.63, 3.8) is 0 Å². The number of unbranched alkanes of at least 4 members (excludes halogenated alkanes) is 3. The SMILES string of the molecule is CCCCCCN(CCO)C(=O)CC(N)CC(C)(C)C. The van der Waals surface area contributed by atoms with Crippen LogP contribution in [0.4, 0.5) is 0 Å². The van der Waals surface area contributed by atoms with Gasteiger partial charge in [0.05, 0.1) is 6.61 Å². The third kappa shape index (κ3) is 10.2. The monoisotopic (exact) mass is 286 g/mol. The van der Waals surface area contributed by atoms with Crippen molar-refractivity contribution in [1.82, 2.24) is 4.90 Å². The van der Waals surface area contributed by atoms with E-state index in [-0.39, 0.29) is 24.0 Å². The number of hydrogen-bond acceptors (Lipinski definition) is 3. The zero-order valence-electron chi connectivity index (χ0n) is 13.8. The number of rotatable bonds is 10. The topological polar surface area (TPSA) is 66.6 Å². The molecule has 0 rings (SSSR count). The van der Waals surface area contributed by atoms with E-state index in [0.717, 1.165) is 25.8 Å². The third-order valence-electron chi connectivity index (χ3n) is 3.32. The van der Waals surface area contributed by atoms with E-state index in [1.54, 1.807) is 4.90 Å². The highest BCUT2D eigenvalue weighted by atomic mass is 16.3. The van der Waals surface area contributed by atoms with Gasteiger partial charge in [-0.15, -0.1) is 0 Å². The van der Waals surface area contributed by atoms with Crippen molar-refractivity contribution in [3.05, 3.63) is 0 Å². The van der Waals surface area contributed by atoms with Gasteiger partial charge in [0.1, 0.15) is 0 Å². The minimum absolute atomic E-state index is 0.0219. The van der Waals surface area contributed by atoms with E-state index in [0.29, 0.717) is 13.0 Å². The number of hydrogen-bond donors (Lipinski definition) is 2. The van der Waals surface area contributed by atoms with Gasteiger partial charge in [-0.25, -0.2) is 0 Å². The van der Waals surface area contributed by atoms with Crippen molar-refractivity contribution in [2.75, 3.05) is 19.7 Å². The summed E-state index contributed by atoms with van der Waals surface area (Å²) in [6.07, 6.45) is 5.75. The third-order valence-corrected chi connectivity index (χ3v) is 3.32. The van der Waals surface area contributed by atoms with Crippen LogP contribution >= 0.6 is 0 Å². The lowest BCUT2D eigenvalue weighted by Crippen LogP contribution is -2.39. The predicted octanol–water partition coefficient (Wildman–Crippen LogP) is 2.54. The maximum absolute atomic E-state index is 12.2. The molecule has 0 aromatic carbocycles. The van der Waals surface area contributed by atoms with E-state index >= 15 is 0 Å². The van der Waals surface area contributed by atoms with E-state index < -0.39 is 0 Å². The molecular weight excluding hydrogens is 252 g/mol. The van der Waals surface area contributed by atoms with Crippen LogP contribution in [0.25, 0.3) is 0 Å². The first-order chi connectivity index (χ1) is 9.30. The lowest BCUT2D eigenvalue weighted by Gasteiger charge is -2.26. The van der Waals surface area contributed by atoms with Gasteiger partial charge in [-0.05, 0) is 18.3 Å². The first-order valence-electron chi connectivity index (χ1n) is 7.94. The summed E-state index contributed by atoms with van der Waals surface area (Å²) >= 11 is 0. The molecule has 0 saturated carbocycles. The number of aliphatic hydroxyl groups is 1. The summed E-state index contributed by atoms with van der Waals surface area (Å²) < 4.78 is 0. The molecule has 0 saturated heterocycles. The number of amides is 1. The summed E-state index contributed by atoms with van der Waals surface area (Å²) in [6.45, 7) is 9.75. The number of nitrogens with two attached hydrogens (primary N) is 1. The van der Waals surface area contributed by atoms with Gasteiger partial charge in [0, 0.05) is 25.6 Å². The number of nitrogens with zero attached hydrogens (tertiary/aromatic N) is 1. The Labute approximate surface area is 124 Å². The molecule has 0 aliphatic heterocycles. The van der Waals surface area contributed by atoms with Crippen LogP contribution in [0.1, 0.15) is 66.2 Å². The quantitative estimate of drug-likeness (QED) is 0.606. The van der Waals surface area contributed by atoms with Crippen LogP contribution in [0.3, 0.4) is 0 Å². The van der Waals surface area contributed by atoms with Gasteiger partial charge in [0.25, 0.3) is 0 Å². The lowest BCUT2D eigenvalue weighted by atomic mass is 9.87. The van der Waals surface area contributed by atoms with Gasteiger partial charge in [0.15, 0.2) is 0 Å². The molecule has 0 aliphatic rings. The maximum Gasteiger partial charge on any atom is 0.224 e. The fourth-order valence-electron chi connectivity index (χ4n) is 2.42. The highest BCUT2D eigenvalue weighted by Gasteiger charge is 2.20. The van der Waals surface area contributed by atoms with Crippen LogP contribution < -0.4 is 5.73 Å². The molecule has 0 aliphatic carbocycles. The van der Waals surface area contributed by atoms with Gasteiger partial charge in [-0.1, -0.05) is 47.0 Å². The Morgan fingerprint density at radius 2 is 1.85 bits per heavy atom. The second-order valence-corrected chi connectivity index (χ2v) is 6.89. The average Bonchev–Trinajstić information content (AvgIpc) is 2.30. The van der Waals surface area contributed by atoms with E-state index in [2.05, 4.69) is 27.7 Å². The minimum atomic E-state index is -0.0978. The van der Waals surface area contributed by atoms with E-state index in [1.165, 1.54) is 12.8 Å². The molecule has 120 valence electrons. The molecule has 0 radical (unpaired) electrons. The molecule has 0 aromatic rings. The molecule has 4 heteroatoms. The summed E-state index contributed by atoms with van der Waals surface area (Å²) in [5.41, 5.74) is 6.20. The first kappa shape index (κ1) is 19.4. The van der Waals surface area contributed by atoms with Gasteiger partial charge in [0.2, 0.25) is 5.91 Å². The summed E-state index contributed by atoms with van der Waals surface area (Å²) in [7, 11) is 0. The summed E-state index contributed by atoms with van der Waals surface area (Å²) in [5.74, 6) is 0.0762. The lowest BCUT2D eigenvalue weighted by molar-refractivity contribution is -0.132. The normalized spacial score (nSPS) is 13.3. The van der Waals surface area contributed by atoms with Crippen molar-refractivity contribution in [3.8, 4) is 0 Å². The Hall–Kier alpha value is -0.610. The molecular formula is C16H34N2O2. The predicted molar refractivity (Wildman–Crippen MR) is 84.5 cm³/mol. The highest BCUT2D eigenvalue weighted by molar-refractivity contribution is 5.76. The smallest absolute Gasteiger partial charge is 0.224 e. The zero-order chi connectivity index (χ0) is 15.6. The highest BCUT2D eigenvalue weighted by Crippen LogP contribution is 2.21. The molecule has 1 atom stereocenters. The van der Waals surface area contributed by atoms with Crippen molar-refractivity contribution in [2.24, 2.45) is 11.1 Å². The number of carbonyl (C=O) groups is 1. The fraction of sp³-hybridized carbons (Fsp3) is 0.938. The van der Waals surface area contributed by atoms with E-state index in [1.807, 2.05) is 0 Å². The first-order valence-corrected chi connectivity index (χ1v) is 7.94. The Balaban J connectivity index is 4.20. The second-order valence-electron chi connectivity index (χ2n) is 6.89. The second kappa shape index (κ2) is 10.2. The summed E-state index contributed by atoms with van der Waals surface area (Å²) in [6, 6.07) is -0.0978. The fourth-order valence-corrected chi connectivity index (χ4v) is 2.42. The standard InChI is InChI=1S/C16H34N2O2/c1-5-6-7-8-9-18(10-11-19)15(20)12-14(17)13-16(2,3)4/h14,19H,5-13,17H2,1-4H3. The van der Waals surface area contributed by atoms with Crippen LogP contribution in [-0.4, -0.2) is 41.7 Å². The van der Waals surface area contributed by atoms with Gasteiger partial charge in [-0.2, -0.15) is 0 Å². The molecule has 0 fully saturated rings. The Morgan fingerprint density at radius 1 is 1.20 bits per heavy atom. The van der Waals surface area contributed by atoms with Crippen LogP contribution in [-0.2, 0) is 4.79 Å². The molecule has 1 unspecified atom stereocenters. The maximum atomic E-state index is 12.2. The van der Waals surface area contributed by atoms with Crippen LogP contribution in [0.15, 0.2) is 0 Å². The molecule has 1 amide bonds. The molecule has 20 heavy (non-hydrogen) atoms. The van der Waals surface area contributed by atoms with Crippen molar-refractivity contribution >= 4 is 5.91 Å². The molecule has 0 bridgehead atoms. The molecule has 0 aromatic heterocycles. The Morgan fingerprint density at radius 3 is 2.35 bits per heavy atom. The molecule has 4 nitrogen and oxygen atoms in total. The minimum Gasteiger partial charge on any atom is -0.395 e. The number of aliphatic hydroxyl groups excluding tert-OH is 1. The van der Waals surface area contributed by atoms with Gasteiger partial charge >= 0.3 is 0 Å². The summed E-state index contributed by atoms with van der Waals surface area (Å²) in [5, 5.41) is 9.08. The molecule has 0 heterocycles. The summed E-state index contributed by atoms with van der Waals surface area (Å²) in [4.78, 5) is 14.0. The van der Waals surface area contributed by atoms with Crippen LogP contribution in [0.5, 0.6) is 0 Å². The molecule has 3 N–H and O–H groups in total. The van der Waals surface area contributed by atoms with E-state index in [9.17, 15) is 4.79 Å². The van der Waals surface area contributed by atoms with Gasteiger partial charge < -0.3 is 15.7 Å². The molecule has 0 spiro atoms. The van der Waals surface area contributed by atoms with Crippen molar-refractivity contribution in [1.29, 1.82) is 0 Å². The Kier molecular flexibility index (Phi) is 9.86. The van der Waals surface area contributed by atoms with Crippen LogP contribution in [0, 0.1) is 5.41 Å². The largest absolute Gasteiger partial charge is 0.395 e. The average molecular weight is 286 g/mol. The van der Waals surface area contributed by atoms with Crippen molar-refractivity contribution in [2.45, 2.75) is 72.3 Å². The number of carbonyl (C=O) groups excluding carboxylic acids is 1. The van der Waals surface area contributed by atoms with Gasteiger partial charge in [-0.3, -0.25) is 4.79 Å². The van der Waals surface area contributed by atoms with Crippen LogP contribution in [0.2, 0.25) is 0 Å².